The fourth-order valence-corrected chi connectivity index (χ4v) is 6.08. The van der Waals surface area contributed by atoms with E-state index in [-0.39, 0.29) is 0 Å². The fourth-order valence-electron chi connectivity index (χ4n) is 6.08. The molecule has 5 nitrogen and oxygen atoms in total. The summed E-state index contributed by atoms with van der Waals surface area (Å²) < 4.78 is 12.5. The second-order valence-electron chi connectivity index (χ2n) is 11.2. The molecule has 0 fully saturated rings. The van der Waals surface area contributed by atoms with Crippen molar-refractivity contribution < 1.29 is 8.83 Å². The number of benzene rings is 6. The van der Waals surface area contributed by atoms with Crippen LogP contribution in [0.15, 0.2) is 160 Å². The lowest BCUT2D eigenvalue weighted by Gasteiger charge is -2.11. The summed E-state index contributed by atoms with van der Waals surface area (Å²) in [6, 6.07) is 51.1. The minimum atomic E-state index is 0.574. The first-order valence-corrected chi connectivity index (χ1v) is 15.2. The van der Waals surface area contributed by atoms with Crippen LogP contribution in [0.2, 0.25) is 0 Å². The molecule has 0 N–H and O–H groups in total. The molecule has 0 aliphatic heterocycles. The first kappa shape index (κ1) is 26.1. The summed E-state index contributed by atoms with van der Waals surface area (Å²) in [6.45, 7) is 0. The Balaban J connectivity index is 1.22. The van der Waals surface area contributed by atoms with Gasteiger partial charge in [0.05, 0.1) is 11.4 Å². The van der Waals surface area contributed by atoms with E-state index in [1.807, 2.05) is 84.9 Å². The van der Waals surface area contributed by atoms with E-state index in [4.69, 9.17) is 23.8 Å². The van der Waals surface area contributed by atoms with Crippen molar-refractivity contribution in [3.05, 3.63) is 152 Å². The normalized spacial score (nSPS) is 11.5. The predicted octanol–water partition coefficient (Wildman–Crippen LogP) is 10.9. The van der Waals surface area contributed by atoms with E-state index in [1.54, 1.807) is 0 Å². The van der Waals surface area contributed by atoms with Crippen LogP contribution in [0.5, 0.6) is 0 Å². The Hall–Kier alpha value is -6.33. The molecular formula is C41H25N3O2. The maximum Gasteiger partial charge on any atom is 0.227 e. The van der Waals surface area contributed by atoms with E-state index < -0.39 is 0 Å². The Morgan fingerprint density at radius 2 is 1.04 bits per heavy atom. The number of hydrogen-bond acceptors (Lipinski definition) is 5. The van der Waals surface area contributed by atoms with Crippen LogP contribution in [0.4, 0.5) is 0 Å². The molecular weight excluding hydrogens is 566 g/mol. The van der Waals surface area contributed by atoms with Gasteiger partial charge < -0.3 is 8.83 Å². The molecule has 216 valence electrons. The SMILES string of the molecule is c1ccc(-c2ccc(-c3cc(-c4cccc5oc6ccc(-c7nc8ccccc8o7)cc6c45)nc(-c4ccccc4)n3)cc2)cc1. The Bertz CT molecular complexity index is 2480. The molecule has 0 radical (unpaired) electrons. The lowest BCUT2D eigenvalue weighted by molar-refractivity contribution is 0.620. The maximum atomic E-state index is 6.35. The molecule has 46 heavy (non-hydrogen) atoms. The summed E-state index contributed by atoms with van der Waals surface area (Å²) in [5.41, 5.74) is 11.0. The number of fused-ring (bicyclic) bond motifs is 4. The van der Waals surface area contributed by atoms with Crippen LogP contribution in [0.1, 0.15) is 0 Å². The summed E-state index contributed by atoms with van der Waals surface area (Å²) in [5.74, 6) is 1.24. The van der Waals surface area contributed by atoms with Gasteiger partial charge in [0, 0.05) is 33.0 Å². The van der Waals surface area contributed by atoms with Crippen LogP contribution in [0.25, 0.3) is 89.5 Å². The van der Waals surface area contributed by atoms with Crippen molar-refractivity contribution in [3.63, 3.8) is 0 Å². The minimum Gasteiger partial charge on any atom is -0.456 e. The molecule has 5 heteroatoms. The zero-order valence-corrected chi connectivity index (χ0v) is 24.6. The Morgan fingerprint density at radius 3 is 1.85 bits per heavy atom. The number of nitrogens with zero attached hydrogens (tertiary/aromatic N) is 3. The zero-order valence-electron chi connectivity index (χ0n) is 24.6. The number of para-hydroxylation sites is 2. The van der Waals surface area contributed by atoms with Crippen LogP contribution < -0.4 is 0 Å². The summed E-state index contributed by atoms with van der Waals surface area (Å²) in [7, 11) is 0. The van der Waals surface area contributed by atoms with Gasteiger partial charge in [0.25, 0.3) is 0 Å². The maximum absolute atomic E-state index is 6.35. The van der Waals surface area contributed by atoms with Gasteiger partial charge in [-0.25, -0.2) is 15.0 Å². The molecule has 3 heterocycles. The lowest BCUT2D eigenvalue weighted by atomic mass is 9.99. The molecule has 0 saturated carbocycles. The third-order valence-electron chi connectivity index (χ3n) is 8.36. The summed E-state index contributed by atoms with van der Waals surface area (Å²) >= 11 is 0. The highest BCUT2D eigenvalue weighted by atomic mass is 16.3. The number of oxazole rings is 1. The van der Waals surface area contributed by atoms with Gasteiger partial charge in [-0.3, -0.25) is 0 Å². The quantitative estimate of drug-likeness (QED) is 0.199. The third kappa shape index (κ3) is 4.54. The first-order chi connectivity index (χ1) is 22.8. The Kier molecular flexibility index (Phi) is 6.06. The summed E-state index contributed by atoms with van der Waals surface area (Å²) in [4.78, 5) is 14.9. The van der Waals surface area contributed by atoms with Gasteiger partial charge in [-0.2, -0.15) is 0 Å². The monoisotopic (exact) mass is 591 g/mol. The van der Waals surface area contributed by atoms with Gasteiger partial charge >= 0.3 is 0 Å². The van der Waals surface area contributed by atoms with Crippen LogP contribution in [-0.2, 0) is 0 Å². The van der Waals surface area contributed by atoms with Crippen molar-refractivity contribution in [3.8, 4) is 56.5 Å². The van der Waals surface area contributed by atoms with Gasteiger partial charge in [0.2, 0.25) is 5.89 Å². The second-order valence-corrected chi connectivity index (χ2v) is 11.2. The van der Waals surface area contributed by atoms with Crippen LogP contribution >= 0.6 is 0 Å². The van der Waals surface area contributed by atoms with Crippen LogP contribution in [-0.4, -0.2) is 15.0 Å². The minimum absolute atomic E-state index is 0.574. The molecule has 6 aromatic carbocycles. The van der Waals surface area contributed by atoms with Gasteiger partial charge in [-0.05, 0) is 53.6 Å². The number of aromatic nitrogens is 3. The lowest BCUT2D eigenvalue weighted by Crippen LogP contribution is -1.96. The molecule has 0 aliphatic rings. The second kappa shape index (κ2) is 10.7. The van der Waals surface area contributed by atoms with Crippen LogP contribution in [0.3, 0.4) is 0 Å². The Labute approximate surface area is 264 Å². The summed E-state index contributed by atoms with van der Waals surface area (Å²) in [5, 5.41) is 1.96. The van der Waals surface area contributed by atoms with E-state index in [0.717, 1.165) is 72.2 Å². The van der Waals surface area contributed by atoms with Crippen molar-refractivity contribution in [1.82, 2.24) is 15.0 Å². The molecule has 0 amide bonds. The molecule has 0 bridgehead atoms. The highest BCUT2D eigenvalue weighted by molar-refractivity contribution is 6.13. The standard InChI is InChI=1S/C41H25N3O2/c1-3-10-26(11-4-1)27-18-20-28(21-19-27)34-25-35(43-40(42-34)29-12-5-2-6-13-29)31-14-9-17-38-39(31)32-24-30(22-23-36(32)45-38)41-44-33-15-7-8-16-37(33)46-41/h1-25H. The Morgan fingerprint density at radius 1 is 0.391 bits per heavy atom. The smallest absolute Gasteiger partial charge is 0.227 e. The van der Waals surface area contributed by atoms with Gasteiger partial charge in [-0.15, -0.1) is 0 Å². The first-order valence-electron chi connectivity index (χ1n) is 15.2. The van der Waals surface area contributed by atoms with Crippen LogP contribution in [0, 0.1) is 0 Å². The molecule has 0 spiro atoms. The molecule has 0 unspecified atom stereocenters. The van der Waals surface area contributed by atoms with E-state index in [0.29, 0.717) is 11.7 Å². The van der Waals surface area contributed by atoms with E-state index in [2.05, 4.69) is 66.7 Å². The molecule has 3 aromatic heterocycles. The van der Waals surface area contributed by atoms with Gasteiger partial charge in [0.15, 0.2) is 11.4 Å². The van der Waals surface area contributed by atoms with Crippen molar-refractivity contribution in [2.45, 2.75) is 0 Å². The fraction of sp³-hybridized carbons (Fsp3) is 0. The van der Waals surface area contributed by atoms with Crippen molar-refractivity contribution in [2.24, 2.45) is 0 Å². The summed E-state index contributed by atoms with van der Waals surface area (Å²) in [6.07, 6.45) is 0. The highest BCUT2D eigenvalue weighted by Gasteiger charge is 2.18. The predicted molar refractivity (Wildman–Crippen MR) is 184 cm³/mol. The van der Waals surface area contributed by atoms with Gasteiger partial charge in [-0.1, -0.05) is 109 Å². The topological polar surface area (TPSA) is 65.0 Å². The average molecular weight is 592 g/mol. The average Bonchev–Trinajstić information content (AvgIpc) is 3.74. The largest absolute Gasteiger partial charge is 0.456 e. The van der Waals surface area contributed by atoms with Crippen molar-refractivity contribution in [1.29, 1.82) is 0 Å². The number of furan rings is 1. The number of rotatable bonds is 5. The zero-order chi connectivity index (χ0) is 30.5. The molecule has 0 aliphatic carbocycles. The van der Waals surface area contributed by atoms with E-state index in [9.17, 15) is 0 Å². The van der Waals surface area contributed by atoms with Crippen molar-refractivity contribution >= 4 is 33.0 Å². The molecule has 0 saturated heterocycles. The highest BCUT2D eigenvalue weighted by Crippen LogP contribution is 2.39. The molecule has 9 rings (SSSR count). The van der Waals surface area contributed by atoms with Gasteiger partial charge in [0.1, 0.15) is 16.7 Å². The van der Waals surface area contributed by atoms with Crippen molar-refractivity contribution in [2.75, 3.05) is 0 Å². The number of hydrogen-bond donors (Lipinski definition) is 0. The van der Waals surface area contributed by atoms with E-state index >= 15 is 0 Å². The molecule has 0 atom stereocenters. The molecule has 9 aromatic rings. The third-order valence-corrected chi connectivity index (χ3v) is 8.36. The van der Waals surface area contributed by atoms with E-state index in [1.165, 1.54) is 5.56 Å².